The molecule has 0 radical (unpaired) electrons. The number of aromatic hydroxyl groups is 1. The Morgan fingerprint density at radius 3 is 2.79 bits per heavy atom. The number of rotatable bonds is 4. The number of fused-ring (bicyclic) bond motifs is 9. The number of phenols is 1. The molecule has 61 heavy (non-hydrogen) atoms. The fourth-order valence-corrected chi connectivity index (χ4v) is 12.4. The molecule has 6 atom stereocenters. The number of pyridine rings is 2. The molecule has 16 heteroatoms. The third kappa shape index (κ3) is 7.24. The van der Waals surface area contributed by atoms with E-state index in [1.54, 1.807) is 34.6 Å². The molecule has 4 aromatic rings. The van der Waals surface area contributed by atoms with Crippen molar-refractivity contribution in [3.8, 4) is 22.8 Å². The molecular formula is C45H49N7O7S2. The summed E-state index contributed by atoms with van der Waals surface area (Å²) in [5, 5.41) is 15.4. The summed E-state index contributed by atoms with van der Waals surface area (Å²) < 4.78 is 26.0. The molecule has 0 unspecified atom stereocenters. The number of phenolic OH excluding ortho intramolecular Hbond substituents is 1. The number of carbonyl (C=O) groups excluding carboxylic acids is 1. The summed E-state index contributed by atoms with van der Waals surface area (Å²) in [5.74, 6) is 1.84. The molecule has 14 nitrogen and oxygen atoms in total. The van der Waals surface area contributed by atoms with Crippen LogP contribution in [0, 0.1) is 12.8 Å². The number of nitrogens with zero attached hydrogens (tertiary/aromatic N) is 4. The number of hydrogen-bond acceptors (Lipinski definition) is 16. The Kier molecular flexibility index (Phi) is 10.1. The maximum absolute atomic E-state index is 14.7. The van der Waals surface area contributed by atoms with Gasteiger partial charge in [0.05, 0.1) is 29.7 Å². The summed E-state index contributed by atoms with van der Waals surface area (Å²) in [5.41, 5.74) is 18.0. The van der Waals surface area contributed by atoms with Crippen molar-refractivity contribution in [2.75, 3.05) is 37.4 Å². The van der Waals surface area contributed by atoms with Crippen molar-refractivity contribution in [3.05, 3.63) is 92.2 Å². The van der Waals surface area contributed by atoms with Gasteiger partial charge < -0.3 is 45.4 Å². The minimum Gasteiger partial charge on any atom is -0.507 e. The van der Waals surface area contributed by atoms with Crippen LogP contribution in [0.3, 0.4) is 0 Å². The first-order chi connectivity index (χ1) is 29.4. The molecule has 10 rings (SSSR count). The number of carbonyl (C=O) groups is 1. The maximum atomic E-state index is 14.7. The minimum absolute atomic E-state index is 0.0878. The van der Waals surface area contributed by atoms with E-state index in [9.17, 15) is 14.7 Å². The first-order valence-electron chi connectivity index (χ1n) is 20.9. The van der Waals surface area contributed by atoms with Crippen LogP contribution in [-0.2, 0) is 33.0 Å². The van der Waals surface area contributed by atoms with Crippen LogP contribution in [0.15, 0.2) is 68.1 Å². The molecular weight excluding hydrogens is 815 g/mol. The number of aryl methyl sites for hydroxylation is 2. The Balaban J connectivity index is 1.03. The predicted octanol–water partition coefficient (Wildman–Crippen LogP) is 6.32. The summed E-state index contributed by atoms with van der Waals surface area (Å²) in [6.45, 7) is 5.66. The number of anilines is 2. The zero-order valence-electron chi connectivity index (χ0n) is 34.4. The number of nitrogens with one attached hydrogen (secondary N) is 1. The van der Waals surface area contributed by atoms with Gasteiger partial charge in [-0.15, -0.1) is 0 Å². The molecule has 0 saturated carbocycles. The summed E-state index contributed by atoms with van der Waals surface area (Å²) in [6.07, 6.45) is 8.14. The van der Waals surface area contributed by atoms with Crippen LogP contribution in [0.5, 0.6) is 11.5 Å². The third-order valence-electron chi connectivity index (χ3n) is 13.1. The monoisotopic (exact) mass is 863 g/mol. The molecule has 1 aromatic carbocycles. The van der Waals surface area contributed by atoms with Gasteiger partial charge in [0.1, 0.15) is 51.6 Å². The highest BCUT2D eigenvalue weighted by molar-refractivity contribution is 8.76. The van der Waals surface area contributed by atoms with E-state index < -0.39 is 29.2 Å². The van der Waals surface area contributed by atoms with Crippen LogP contribution in [0.1, 0.15) is 73.1 Å². The SMILES string of the molecule is CNC[C@@H]1CC[C@@]23O[C@@H]2CCc2cc(N)nc(c2)-c2cc(CN4C=C5N=CC=C5C4)nc(N)c2CSSCC[C@]2(C)Oc4cc5oc(C)cc(=O)c5c(O)c4[C@H](C1)[C@H]2OC3=O. The van der Waals surface area contributed by atoms with Crippen molar-refractivity contribution in [2.45, 2.75) is 94.0 Å². The van der Waals surface area contributed by atoms with E-state index in [1.165, 1.54) is 11.6 Å². The second-order valence-corrected chi connectivity index (χ2v) is 19.9. The topological polar surface area (TPSA) is 204 Å². The summed E-state index contributed by atoms with van der Waals surface area (Å²) in [4.78, 5) is 44.4. The van der Waals surface area contributed by atoms with Gasteiger partial charge in [-0.25, -0.2) is 14.8 Å². The number of nitrogen functional groups attached to an aromatic ring is 2. The number of aliphatic imine (C=N–C) groups is 1. The van der Waals surface area contributed by atoms with E-state index in [0.29, 0.717) is 91.8 Å². The Morgan fingerprint density at radius 1 is 1.08 bits per heavy atom. The molecule has 2 saturated heterocycles. The highest BCUT2D eigenvalue weighted by atomic mass is 33.1. The fraction of sp³-hybridized carbons (Fsp3) is 0.444. The van der Waals surface area contributed by atoms with Crippen molar-refractivity contribution in [3.63, 3.8) is 0 Å². The third-order valence-corrected chi connectivity index (χ3v) is 15.4. The largest absolute Gasteiger partial charge is 0.507 e. The molecule has 0 amide bonds. The number of allylic oxidation sites excluding steroid dienone is 1. The lowest BCUT2D eigenvalue weighted by Crippen LogP contribution is -2.54. The van der Waals surface area contributed by atoms with Crippen molar-refractivity contribution >= 4 is 56.4 Å². The Morgan fingerprint density at radius 2 is 1.95 bits per heavy atom. The van der Waals surface area contributed by atoms with Gasteiger partial charge >= 0.3 is 5.97 Å². The molecule has 6 aliphatic rings. The van der Waals surface area contributed by atoms with Crippen LogP contribution in [0.2, 0.25) is 0 Å². The van der Waals surface area contributed by atoms with Gasteiger partial charge in [0.2, 0.25) is 0 Å². The number of epoxide rings is 1. The van der Waals surface area contributed by atoms with Crippen molar-refractivity contribution < 1.29 is 28.5 Å². The Hall–Kier alpha value is -5.03. The van der Waals surface area contributed by atoms with Gasteiger partial charge in [-0.05, 0) is 95.3 Å². The first-order valence-corrected chi connectivity index (χ1v) is 23.4. The second kappa shape index (κ2) is 15.4. The number of hydrogen-bond donors (Lipinski definition) is 4. The van der Waals surface area contributed by atoms with Crippen LogP contribution in [0.4, 0.5) is 11.6 Å². The second-order valence-electron chi connectivity index (χ2n) is 17.3. The number of nitrogens with two attached hydrogens (primary N) is 2. The lowest BCUT2D eigenvalue weighted by atomic mass is 9.74. The van der Waals surface area contributed by atoms with Gasteiger partial charge in [0, 0.05) is 77.2 Å². The quantitative estimate of drug-likeness (QED) is 0.101. The van der Waals surface area contributed by atoms with Crippen LogP contribution >= 0.6 is 21.6 Å². The molecule has 6 aliphatic heterocycles. The summed E-state index contributed by atoms with van der Waals surface area (Å²) >= 11 is 0. The number of benzene rings is 1. The van der Waals surface area contributed by atoms with Crippen LogP contribution in [-0.4, -0.2) is 81.5 Å². The first kappa shape index (κ1) is 40.1. The summed E-state index contributed by atoms with van der Waals surface area (Å²) in [7, 11) is 5.23. The maximum Gasteiger partial charge on any atom is 0.341 e. The number of aromatic nitrogens is 2. The normalized spacial score (nSPS) is 28.1. The van der Waals surface area contributed by atoms with Crippen LogP contribution < -0.4 is 26.9 Å². The molecule has 3 aromatic heterocycles. The average molecular weight is 864 g/mol. The van der Waals surface area contributed by atoms with E-state index in [2.05, 4.69) is 33.5 Å². The minimum atomic E-state index is -1.13. The Bertz CT molecular complexity index is 2630. The van der Waals surface area contributed by atoms with Crippen molar-refractivity contribution in [1.82, 2.24) is 20.2 Å². The zero-order chi connectivity index (χ0) is 42.2. The van der Waals surface area contributed by atoms with E-state index >= 15 is 0 Å². The smallest absolute Gasteiger partial charge is 0.341 e. The van der Waals surface area contributed by atoms with Gasteiger partial charge in [0.25, 0.3) is 0 Å². The van der Waals surface area contributed by atoms with E-state index in [-0.39, 0.29) is 34.2 Å². The van der Waals surface area contributed by atoms with Crippen molar-refractivity contribution in [1.29, 1.82) is 0 Å². The lowest BCUT2D eigenvalue weighted by molar-refractivity contribution is -0.172. The average Bonchev–Trinajstić information content (AvgIpc) is 3.50. The van der Waals surface area contributed by atoms with E-state index in [4.69, 9.17) is 40.1 Å². The number of ether oxygens (including phenoxy) is 3. The predicted molar refractivity (Wildman–Crippen MR) is 237 cm³/mol. The lowest BCUT2D eigenvalue weighted by Gasteiger charge is -2.46. The van der Waals surface area contributed by atoms with Crippen LogP contribution in [0.25, 0.3) is 22.2 Å². The molecule has 1 spiro atoms. The molecule has 6 N–H and O–H groups in total. The Labute approximate surface area is 361 Å². The van der Waals surface area contributed by atoms with E-state index in [0.717, 1.165) is 40.3 Å². The molecule has 2 fully saturated rings. The number of esters is 1. The van der Waals surface area contributed by atoms with Crippen molar-refractivity contribution in [2.24, 2.45) is 10.9 Å². The molecule has 9 heterocycles. The fourth-order valence-electron chi connectivity index (χ4n) is 10.1. The molecule has 0 aliphatic carbocycles. The molecule has 4 bridgehead atoms. The standard InChI is InChI=1S/C45H49N7O7S2/c1-23-12-33(53)39-34(56-23)17-35-38(40(39)54)29-13-25(18-48-3)6-8-45-36(59-45)5-4-24-14-31(51-37(46)15-24)28-16-27(20-52-19-26-7-10-49-32(26)21-52)50-42(47)30(28)22-61-60-11-9-44(2,58-35)41(29)57-43(45)55/h7,10,12,14-17,21,25,29,36,41,48,54H,4-6,8-9,11,13,18-20,22H2,1-3H3,(H2,46,51)(H2,47,50)/t25-,29+,36-,41-,44+,45-/m1/s1. The van der Waals surface area contributed by atoms with Gasteiger partial charge in [-0.2, -0.15) is 0 Å². The highest BCUT2D eigenvalue weighted by Crippen LogP contribution is 2.55. The summed E-state index contributed by atoms with van der Waals surface area (Å²) in [6, 6.07) is 9.11. The van der Waals surface area contributed by atoms with Gasteiger partial charge in [-0.1, -0.05) is 21.6 Å². The van der Waals surface area contributed by atoms with E-state index in [1.807, 2.05) is 32.3 Å². The zero-order valence-corrected chi connectivity index (χ0v) is 36.0. The highest BCUT2D eigenvalue weighted by Gasteiger charge is 2.65. The van der Waals surface area contributed by atoms with Gasteiger partial charge in [-0.3, -0.25) is 9.79 Å². The van der Waals surface area contributed by atoms with Gasteiger partial charge in [0.15, 0.2) is 11.0 Å². The molecule has 318 valence electrons.